The minimum absolute atomic E-state index is 0.0870. The van der Waals surface area contributed by atoms with Crippen LogP contribution in [0.15, 0.2) is 18.2 Å². The van der Waals surface area contributed by atoms with Crippen molar-refractivity contribution in [1.82, 2.24) is 4.90 Å². The maximum atomic E-state index is 12.5. The van der Waals surface area contributed by atoms with Crippen LogP contribution in [0.3, 0.4) is 0 Å². The molecule has 1 fully saturated rings. The van der Waals surface area contributed by atoms with Gasteiger partial charge in [0.05, 0.1) is 0 Å². The zero-order chi connectivity index (χ0) is 13.4. The molecule has 5 heteroatoms. The van der Waals surface area contributed by atoms with Gasteiger partial charge in [-0.15, -0.1) is 0 Å². The second kappa shape index (κ2) is 4.57. The fourth-order valence-electron chi connectivity index (χ4n) is 2.91. The Morgan fingerprint density at radius 3 is 3.00 bits per heavy atom. The van der Waals surface area contributed by atoms with E-state index in [0.717, 1.165) is 25.1 Å². The summed E-state index contributed by atoms with van der Waals surface area (Å²) in [6, 6.07) is 5.23. The topological polar surface area (TPSA) is 75.4 Å². The van der Waals surface area contributed by atoms with Crippen LogP contribution in [0.4, 0.5) is 5.69 Å². The number of amides is 2. The molecule has 0 aromatic heterocycles. The summed E-state index contributed by atoms with van der Waals surface area (Å²) >= 11 is 0. The zero-order valence-electron chi connectivity index (χ0n) is 10.7. The first-order valence-electron chi connectivity index (χ1n) is 6.64. The van der Waals surface area contributed by atoms with Gasteiger partial charge < -0.3 is 16.0 Å². The fraction of sp³-hybridized carbons (Fsp3) is 0.429. The van der Waals surface area contributed by atoms with Crippen LogP contribution in [0.5, 0.6) is 0 Å². The highest BCUT2D eigenvalue weighted by Gasteiger charge is 2.33. The molecule has 1 saturated heterocycles. The Morgan fingerprint density at radius 1 is 1.37 bits per heavy atom. The average molecular weight is 259 g/mol. The minimum Gasteiger partial charge on any atom is -0.384 e. The van der Waals surface area contributed by atoms with Crippen molar-refractivity contribution in [3.8, 4) is 0 Å². The predicted molar refractivity (Wildman–Crippen MR) is 71.9 cm³/mol. The van der Waals surface area contributed by atoms with Gasteiger partial charge in [-0.3, -0.25) is 9.59 Å². The highest BCUT2D eigenvalue weighted by molar-refractivity contribution is 5.98. The molecule has 1 unspecified atom stereocenters. The predicted octanol–water partition coefficient (Wildman–Crippen LogP) is 0.744. The first-order valence-corrected chi connectivity index (χ1v) is 6.64. The molecule has 100 valence electrons. The molecule has 5 nitrogen and oxygen atoms in total. The van der Waals surface area contributed by atoms with Crippen molar-refractivity contribution in [2.45, 2.75) is 25.3 Å². The van der Waals surface area contributed by atoms with Gasteiger partial charge in [-0.25, -0.2) is 0 Å². The number of carbonyl (C=O) groups excluding carboxylic acids is 2. The number of likely N-dealkylation sites (tertiary alicyclic amines) is 1. The summed E-state index contributed by atoms with van der Waals surface area (Å²) in [7, 11) is 0. The molecule has 1 atom stereocenters. The van der Waals surface area contributed by atoms with Gasteiger partial charge in [-0.05, 0) is 43.0 Å². The smallest absolute Gasteiger partial charge is 0.254 e. The Balaban J connectivity index is 1.85. The molecule has 0 saturated carbocycles. The van der Waals surface area contributed by atoms with E-state index < -0.39 is 11.9 Å². The number of fused-ring (bicyclic) bond motifs is 1. The number of nitrogens with zero attached hydrogens (tertiary/aromatic N) is 1. The molecule has 0 radical (unpaired) electrons. The van der Waals surface area contributed by atoms with E-state index in [2.05, 4.69) is 5.32 Å². The van der Waals surface area contributed by atoms with Gasteiger partial charge >= 0.3 is 0 Å². The van der Waals surface area contributed by atoms with E-state index in [0.29, 0.717) is 18.5 Å². The molecular formula is C14H17N3O2. The van der Waals surface area contributed by atoms with E-state index in [1.165, 1.54) is 5.56 Å². The number of hydrogen-bond acceptors (Lipinski definition) is 3. The van der Waals surface area contributed by atoms with Crippen molar-refractivity contribution < 1.29 is 9.59 Å². The van der Waals surface area contributed by atoms with Gasteiger partial charge in [0.1, 0.15) is 6.04 Å². The number of benzene rings is 1. The lowest BCUT2D eigenvalue weighted by atomic mass is 10.1. The second-order valence-electron chi connectivity index (χ2n) is 5.11. The summed E-state index contributed by atoms with van der Waals surface area (Å²) in [5.74, 6) is -0.496. The van der Waals surface area contributed by atoms with Gasteiger partial charge in [-0.1, -0.05) is 0 Å². The molecule has 0 bridgehead atoms. The van der Waals surface area contributed by atoms with Crippen LogP contribution in [-0.2, 0) is 11.2 Å². The standard InChI is InChI=1S/C14H17N3O2/c15-13(18)12-2-1-7-17(12)14(19)10-3-4-11-9(8-10)5-6-16-11/h3-4,8,12,16H,1-2,5-7H2,(H2,15,18). The van der Waals surface area contributed by atoms with Crippen molar-refractivity contribution in [1.29, 1.82) is 0 Å². The largest absolute Gasteiger partial charge is 0.384 e. The molecule has 2 aliphatic heterocycles. The van der Waals surface area contributed by atoms with Crippen LogP contribution in [0.2, 0.25) is 0 Å². The summed E-state index contributed by atoms with van der Waals surface area (Å²) in [4.78, 5) is 25.4. The quantitative estimate of drug-likeness (QED) is 0.822. The van der Waals surface area contributed by atoms with Crippen molar-refractivity contribution >= 4 is 17.5 Å². The molecule has 1 aromatic carbocycles. The highest BCUT2D eigenvalue weighted by Crippen LogP contribution is 2.25. The highest BCUT2D eigenvalue weighted by atomic mass is 16.2. The van der Waals surface area contributed by atoms with E-state index in [1.807, 2.05) is 18.2 Å². The first kappa shape index (κ1) is 12.0. The second-order valence-corrected chi connectivity index (χ2v) is 5.11. The van der Waals surface area contributed by atoms with E-state index in [-0.39, 0.29) is 5.91 Å². The van der Waals surface area contributed by atoms with Crippen LogP contribution in [0, 0.1) is 0 Å². The number of anilines is 1. The van der Waals surface area contributed by atoms with E-state index in [4.69, 9.17) is 5.73 Å². The Kier molecular flexibility index (Phi) is 2.89. The molecule has 19 heavy (non-hydrogen) atoms. The Morgan fingerprint density at radius 2 is 2.21 bits per heavy atom. The Labute approximate surface area is 111 Å². The lowest BCUT2D eigenvalue weighted by Crippen LogP contribution is -2.43. The number of primary amides is 1. The third-order valence-electron chi connectivity index (χ3n) is 3.90. The summed E-state index contributed by atoms with van der Waals surface area (Å²) in [6.45, 7) is 1.53. The molecule has 2 amide bonds. The summed E-state index contributed by atoms with van der Waals surface area (Å²) in [6.07, 6.45) is 2.45. The van der Waals surface area contributed by atoms with E-state index >= 15 is 0 Å². The SMILES string of the molecule is NC(=O)C1CCCN1C(=O)c1ccc2c(c1)CCN2. The molecule has 0 spiro atoms. The normalized spacial score (nSPS) is 21.1. The first-order chi connectivity index (χ1) is 9.16. The van der Waals surface area contributed by atoms with Crippen LogP contribution in [0.1, 0.15) is 28.8 Å². The number of rotatable bonds is 2. The van der Waals surface area contributed by atoms with Crippen LogP contribution in [-0.4, -0.2) is 35.8 Å². The molecule has 3 N–H and O–H groups in total. The average Bonchev–Trinajstić information content (AvgIpc) is 3.05. The lowest BCUT2D eigenvalue weighted by Gasteiger charge is -2.22. The third kappa shape index (κ3) is 2.05. The van der Waals surface area contributed by atoms with Crippen LogP contribution in [0.25, 0.3) is 0 Å². The van der Waals surface area contributed by atoms with E-state index in [1.54, 1.807) is 4.90 Å². The molecule has 2 aliphatic rings. The summed E-state index contributed by atoms with van der Waals surface area (Å²) in [5.41, 5.74) is 8.27. The molecule has 2 heterocycles. The van der Waals surface area contributed by atoms with Crippen molar-refractivity contribution in [3.05, 3.63) is 29.3 Å². The zero-order valence-corrected chi connectivity index (χ0v) is 10.7. The van der Waals surface area contributed by atoms with Gasteiger partial charge in [0, 0.05) is 24.3 Å². The Bertz CT molecular complexity index is 541. The van der Waals surface area contributed by atoms with Gasteiger partial charge in [0.15, 0.2) is 0 Å². The number of hydrogen-bond donors (Lipinski definition) is 2. The molecule has 3 rings (SSSR count). The van der Waals surface area contributed by atoms with Gasteiger partial charge in [-0.2, -0.15) is 0 Å². The minimum atomic E-state index is -0.445. The Hall–Kier alpha value is -2.04. The number of nitrogens with two attached hydrogens (primary N) is 1. The van der Waals surface area contributed by atoms with Crippen molar-refractivity contribution in [2.75, 3.05) is 18.4 Å². The molecule has 1 aromatic rings. The van der Waals surface area contributed by atoms with Gasteiger partial charge in [0.25, 0.3) is 5.91 Å². The third-order valence-corrected chi connectivity index (χ3v) is 3.90. The summed E-state index contributed by atoms with van der Waals surface area (Å²) < 4.78 is 0. The number of nitrogens with one attached hydrogen (secondary N) is 1. The lowest BCUT2D eigenvalue weighted by molar-refractivity contribution is -0.121. The van der Waals surface area contributed by atoms with Crippen LogP contribution < -0.4 is 11.1 Å². The van der Waals surface area contributed by atoms with Gasteiger partial charge in [0.2, 0.25) is 5.91 Å². The summed E-state index contributed by atoms with van der Waals surface area (Å²) in [5, 5.41) is 3.26. The molecular weight excluding hydrogens is 242 g/mol. The van der Waals surface area contributed by atoms with Crippen molar-refractivity contribution in [2.24, 2.45) is 5.73 Å². The van der Waals surface area contributed by atoms with Crippen molar-refractivity contribution in [3.63, 3.8) is 0 Å². The monoisotopic (exact) mass is 259 g/mol. The molecule has 0 aliphatic carbocycles. The maximum Gasteiger partial charge on any atom is 0.254 e. The maximum absolute atomic E-state index is 12.5. The van der Waals surface area contributed by atoms with Crippen LogP contribution >= 0.6 is 0 Å². The van der Waals surface area contributed by atoms with E-state index in [9.17, 15) is 9.59 Å². The fourth-order valence-corrected chi connectivity index (χ4v) is 2.91. The number of carbonyl (C=O) groups is 2.